The maximum Gasteiger partial charge on any atom is 0.308 e. The van der Waals surface area contributed by atoms with Crippen molar-refractivity contribution in [2.45, 2.75) is 38.1 Å². The van der Waals surface area contributed by atoms with E-state index in [1.165, 1.54) is 0 Å². The molecule has 0 spiro atoms. The summed E-state index contributed by atoms with van der Waals surface area (Å²) in [5.74, 6) is -1.51. The molecular formula is C17H20N2O3. The summed E-state index contributed by atoms with van der Waals surface area (Å²) in [6.45, 7) is 0. The Morgan fingerprint density at radius 3 is 2.77 bits per heavy atom. The number of para-hydroxylation sites is 1. The molecule has 5 heteroatoms. The van der Waals surface area contributed by atoms with E-state index in [0.29, 0.717) is 12.0 Å². The van der Waals surface area contributed by atoms with Crippen LogP contribution in [0.15, 0.2) is 30.5 Å². The van der Waals surface area contributed by atoms with Crippen molar-refractivity contribution in [2.24, 2.45) is 5.92 Å². The lowest BCUT2D eigenvalue weighted by atomic mass is 9.94. The number of carbonyl (C=O) groups is 2. The number of H-pyrrole nitrogens is 1. The molecule has 1 saturated carbocycles. The number of fused-ring (bicyclic) bond motifs is 1. The van der Waals surface area contributed by atoms with Gasteiger partial charge in [0.1, 0.15) is 0 Å². The monoisotopic (exact) mass is 300 g/mol. The van der Waals surface area contributed by atoms with E-state index in [2.05, 4.69) is 10.3 Å². The Kier molecular flexibility index (Phi) is 4.13. The molecule has 2 aromatic rings. The number of aromatic nitrogens is 1. The standard InChI is InChI=1S/C17H20N2O3/c20-16(13-7-4-5-11-9-10-18-15(11)13)19-14-8-3-1-2-6-12(14)17(21)22/h4-5,7,9-10,12,14,18H,1-3,6,8H2,(H,19,20)(H,21,22)/t12-,14+/m1/s1. The highest BCUT2D eigenvalue weighted by Gasteiger charge is 2.31. The van der Waals surface area contributed by atoms with Gasteiger partial charge in [-0.3, -0.25) is 9.59 Å². The van der Waals surface area contributed by atoms with E-state index in [1.54, 1.807) is 12.3 Å². The summed E-state index contributed by atoms with van der Waals surface area (Å²) in [6, 6.07) is 7.16. The first-order chi connectivity index (χ1) is 10.7. The van der Waals surface area contributed by atoms with Gasteiger partial charge in [0.25, 0.3) is 5.91 Å². The average molecular weight is 300 g/mol. The van der Waals surface area contributed by atoms with Gasteiger partial charge in [-0.2, -0.15) is 0 Å². The maximum atomic E-state index is 12.6. The van der Waals surface area contributed by atoms with Gasteiger partial charge in [0, 0.05) is 17.6 Å². The lowest BCUT2D eigenvalue weighted by molar-refractivity contribution is -0.142. The Morgan fingerprint density at radius 1 is 1.14 bits per heavy atom. The fourth-order valence-corrected chi connectivity index (χ4v) is 3.30. The van der Waals surface area contributed by atoms with Crippen LogP contribution in [0.2, 0.25) is 0 Å². The van der Waals surface area contributed by atoms with Crippen LogP contribution in [0.4, 0.5) is 0 Å². The van der Waals surface area contributed by atoms with Crippen molar-refractivity contribution in [2.75, 3.05) is 0 Å². The van der Waals surface area contributed by atoms with Gasteiger partial charge in [-0.05, 0) is 25.0 Å². The van der Waals surface area contributed by atoms with Crippen LogP contribution in [0, 0.1) is 5.92 Å². The van der Waals surface area contributed by atoms with Crippen LogP contribution >= 0.6 is 0 Å². The number of hydrogen-bond donors (Lipinski definition) is 3. The molecule has 0 saturated heterocycles. The minimum Gasteiger partial charge on any atom is -0.481 e. The molecular weight excluding hydrogens is 280 g/mol. The largest absolute Gasteiger partial charge is 0.481 e. The van der Waals surface area contributed by atoms with Gasteiger partial charge in [-0.1, -0.05) is 31.4 Å². The molecule has 0 radical (unpaired) electrons. The number of carboxylic acid groups (broad SMARTS) is 1. The fourth-order valence-electron chi connectivity index (χ4n) is 3.30. The van der Waals surface area contributed by atoms with Crippen molar-refractivity contribution in [3.05, 3.63) is 36.0 Å². The second-order valence-electron chi connectivity index (χ2n) is 5.91. The van der Waals surface area contributed by atoms with E-state index in [0.717, 1.165) is 36.6 Å². The van der Waals surface area contributed by atoms with Crippen LogP contribution in [0.25, 0.3) is 10.9 Å². The highest BCUT2D eigenvalue weighted by Crippen LogP contribution is 2.25. The quantitative estimate of drug-likeness (QED) is 0.762. The van der Waals surface area contributed by atoms with E-state index in [-0.39, 0.29) is 11.9 Å². The first-order valence-electron chi connectivity index (χ1n) is 7.76. The predicted molar refractivity (Wildman–Crippen MR) is 83.8 cm³/mol. The molecule has 0 unspecified atom stereocenters. The molecule has 1 aliphatic rings. The number of aliphatic carboxylic acids is 1. The van der Waals surface area contributed by atoms with Crippen LogP contribution in [0.3, 0.4) is 0 Å². The summed E-state index contributed by atoms with van der Waals surface area (Å²) in [5, 5.41) is 13.3. The number of amides is 1. The van der Waals surface area contributed by atoms with Crippen molar-refractivity contribution in [1.82, 2.24) is 10.3 Å². The topological polar surface area (TPSA) is 82.2 Å². The van der Waals surface area contributed by atoms with Gasteiger partial charge in [0.05, 0.1) is 17.0 Å². The van der Waals surface area contributed by atoms with E-state index in [9.17, 15) is 14.7 Å². The van der Waals surface area contributed by atoms with E-state index in [4.69, 9.17) is 0 Å². The first kappa shape index (κ1) is 14.6. The van der Waals surface area contributed by atoms with Gasteiger partial charge in [0.15, 0.2) is 0 Å². The maximum absolute atomic E-state index is 12.6. The van der Waals surface area contributed by atoms with Crippen LogP contribution in [0.5, 0.6) is 0 Å². The molecule has 3 N–H and O–H groups in total. The second-order valence-corrected chi connectivity index (χ2v) is 5.91. The van der Waals surface area contributed by atoms with Crippen molar-refractivity contribution < 1.29 is 14.7 Å². The normalized spacial score (nSPS) is 22.2. The predicted octanol–water partition coefficient (Wildman–Crippen LogP) is 2.93. The molecule has 1 heterocycles. The molecule has 1 aromatic carbocycles. The Bertz CT molecular complexity index is 692. The number of carbonyl (C=O) groups excluding carboxylic acids is 1. The Morgan fingerprint density at radius 2 is 1.95 bits per heavy atom. The molecule has 2 atom stereocenters. The minimum absolute atomic E-state index is 0.203. The highest BCUT2D eigenvalue weighted by atomic mass is 16.4. The Labute approximate surface area is 128 Å². The lowest BCUT2D eigenvalue weighted by Crippen LogP contribution is -2.42. The zero-order valence-electron chi connectivity index (χ0n) is 12.3. The van der Waals surface area contributed by atoms with Crippen molar-refractivity contribution in [1.29, 1.82) is 0 Å². The molecule has 1 fully saturated rings. The number of nitrogens with one attached hydrogen (secondary N) is 2. The van der Waals surface area contributed by atoms with Crippen LogP contribution in [0.1, 0.15) is 42.5 Å². The van der Waals surface area contributed by atoms with Gasteiger partial charge < -0.3 is 15.4 Å². The van der Waals surface area contributed by atoms with Gasteiger partial charge in [-0.15, -0.1) is 0 Å². The lowest BCUT2D eigenvalue weighted by Gasteiger charge is -2.23. The Hall–Kier alpha value is -2.30. The zero-order chi connectivity index (χ0) is 15.5. The SMILES string of the molecule is O=C(N[C@H]1CCCCC[C@H]1C(=O)O)c1cccc2cc[nH]c12. The van der Waals surface area contributed by atoms with Gasteiger partial charge in [-0.25, -0.2) is 0 Å². The Balaban J connectivity index is 1.83. The summed E-state index contributed by atoms with van der Waals surface area (Å²) in [7, 11) is 0. The molecule has 1 aromatic heterocycles. The molecule has 22 heavy (non-hydrogen) atoms. The number of carboxylic acids is 1. The van der Waals surface area contributed by atoms with E-state index < -0.39 is 11.9 Å². The van der Waals surface area contributed by atoms with Crippen LogP contribution < -0.4 is 5.32 Å². The smallest absolute Gasteiger partial charge is 0.308 e. The molecule has 0 bridgehead atoms. The number of hydrogen-bond acceptors (Lipinski definition) is 2. The summed E-state index contributed by atoms with van der Waals surface area (Å²) in [6.07, 6.45) is 6.06. The molecule has 116 valence electrons. The summed E-state index contributed by atoms with van der Waals surface area (Å²) in [4.78, 5) is 27.1. The van der Waals surface area contributed by atoms with Gasteiger partial charge in [0.2, 0.25) is 0 Å². The molecule has 1 aliphatic carbocycles. The van der Waals surface area contributed by atoms with Crippen molar-refractivity contribution in [3.63, 3.8) is 0 Å². The summed E-state index contributed by atoms with van der Waals surface area (Å²) < 4.78 is 0. The second kappa shape index (κ2) is 6.22. The van der Waals surface area contributed by atoms with Crippen molar-refractivity contribution in [3.8, 4) is 0 Å². The molecule has 0 aliphatic heterocycles. The number of aromatic amines is 1. The first-order valence-corrected chi connectivity index (χ1v) is 7.76. The van der Waals surface area contributed by atoms with Crippen molar-refractivity contribution >= 4 is 22.8 Å². The summed E-state index contributed by atoms with van der Waals surface area (Å²) >= 11 is 0. The summed E-state index contributed by atoms with van der Waals surface area (Å²) in [5.41, 5.74) is 1.36. The minimum atomic E-state index is -0.815. The zero-order valence-corrected chi connectivity index (χ0v) is 12.3. The third kappa shape index (κ3) is 2.84. The fraction of sp³-hybridized carbons (Fsp3) is 0.412. The molecule has 3 rings (SSSR count). The number of benzene rings is 1. The van der Waals surface area contributed by atoms with Crippen LogP contribution in [-0.2, 0) is 4.79 Å². The highest BCUT2D eigenvalue weighted by molar-refractivity contribution is 6.05. The molecule has 1 amide bonds. The van der Waals surface area contributed by atoms with E-state index in [1.807, 2.05) is 18.2 Å². The third-order valence-electron chi connectivity index (χ3n) is 4.48. The van der Waals surface area contributed by atoms with Crippen LogP contribution in [-0.4, -0.2) is 28.0 Å². The van der Waals surface area contributed by atoms with E-state index >= 15 is 0 Å². The third-order valence-corrected chi connectivity index (χ3v) is 4.48. The molecule has 5 nitrogen and oxygen atoms in total. The average Bonchev–Trinajstić information content (AvgIpc) is 2.86. The van der Waals surface area contributed by atoms with Gasteiger partial charge >= 0.3 is 5.97 Å². The number of rotatable bonds is 3.